The van der Waals surface area contributed by atoms with Gasteiger partial charge in [0.05, 0.1) is 0 Å². The average molecular weight is 298 g/mol. The van der Waals surface area contributed by atoms with Crippen LogP contribution in [0.1, 0.15) is 43.5 Å². The first-order valence-corrected chi connectivity index (χ1v) is 8.52. The lowest BCUT2D eigenvalue weighted by atomic mass is 10.0. The molecule has 1 aromatic carbocycles. The number of hydrogen-bond donors (Lipinski definition) is 1. The summed E-state index contributed by atoms with van der Waals surface area (Å²) in [6, 6.07) is 6.59. The number of nitrogens with one attached hydrogen (secondary N) is 1. The molecule has 0 saturated carbocycles. The molecule has 0 saturated heterocycles. The van der Waals surface area contributed by atoms with Gasteiger partial charge in [-0.2, -0.15) is 0 Å². The Labute approximate surface area is 132 Å². The number of rotatable bonds is 3. The maximum Gasteiger partial charge on any atom is 0.225 e. The van der Waals surface area contributed by atoms with Gasteiger partial charge in [0.25, 0.3) is 0 Å². The van der Waals surface area contributed by atoms with Crippen molar-refractivity contribution in [3.8, 4) is 0 Å². The standard InChI is InChI=1S/C19H26N2O/c1-4-14(5-2)19(22)21-10-8-15-16-12-13(3)6-7-17(16)20-18(15)9-11-21/h6-7,12,14,20H,4-5,8-11H2,1-3H3. The number of hydrogen-bond acceptors (Lipinski definition) is 1. The Morgan fingerprint density at radius 3 is 2.68 bits per heavy atom. The molecule has 3 rings (SSSR count). The predicted octanol–water partition coefficient (Wildman–Crippen LogP) is 3.84. The zero-order valence-corrected chi connectivity index (χ0v) is 13.9. The largest absolute Gasteiger partial charge is 0.358 e. The van der Waals surface area contributed by atoms with Crippen molar-refractivity contribution in [1.82, 2.24) is 9.88 Å². The van der Waals surface area contributed by atoms with Crippen molar-refractivity contribution in [2.75, 3.05) is 13.1 Å². The summed E-state index contributed by atoms with van der Waals surface area (Å²) in [4.78, 5) is 18.3. The highest BCUT2D eigenvalue weighted by molar-refractivity contribution is 5.86. The summed E-state index contributed by atoms with van der Waals surface area (Å²) in [5, 5.41) is 1.34. The first-order valence-electron chi connectivity index (χ1n) is 8.52. The molecule has 2 aromatic rings. The first kappa shape index (κ1) is 15.1. The third-order valence-corrected chi connectivity index (χ3v) is 5.06. The van der Waals surface area contributed by atoms with Gasteiger partial charge in [0.1, 0.15) is 0 Å². The van der Waals surface area contributed by atoms with Gasteiger partial charge in [0.2, 0.25) is 5.91 Å². The molecule has 0 atom stereocenters. The SMILES string of the molecule is CCC(CC)C(=O)N1CCc2[nH]c3ccc(C)cc3c2CC1. The van der Waals surface area contributed by atoms with Crippen molar-refractivity contribution in [3.63, 3.8) is 0 Å². The van der Waals surface area contributed by atoms with Crippen LogP contribution < -0.4 is 0 Å². The molecule has 0 unspecified atom stereocenters. The van der Waals surface area contributed by atoms with Gasteiger partial charge in [-0.15, -0.1) is 0 Å². The summed E-state index contributed by atoms with van der Waals surface area (Å²) in [6.07, 6.45) is 3.79. The lowest BCUT2D eigenvalue weighted by molar-refractivity contribution is -0.135. The van der Waals surface area contributed by atoms with Crippen LogP contribution in [0.15, 0.2) is 18.2 Å². The van der Waals surface area contributed by atoms with Gasteiger partial charge >= 0.3 is 0 Å². The van der Waals surface area contributed by atoms with E-state index in [1.54, 1.807) is 0 Å². The van der Waals surface area contributed by atoms with Crippen LogP contribution in [0.3, 0.4) is 0 Å². The van der Waals surface area contributed by atoms with E-state index in [0.29, 0.717) is 5.91 Å². The third-order valence-electron chi connectivity index (χ3n) is 5.06. The number of aromatic nitrogens is 1. The van der Waals surface area contributed by atoms with Crippen LogP contribution in [0.4, 0.5) is 0 Å². The van der Waals surface area contributed by atoms with E-state index < -0.39 is 0 Å². The molecule has 118 valence electrons. The van der Waals surface area contributed by atoms with E-state index in [1.807, 2.05) is 0 Å². The number of carbonyl (C=O) groups is 1. The molecule has 0 bridgehead atoms. The molecule has 2 heterocycles. The molecule has 3 nitrogen and oxygen atoms in total. The van der Waals surface area contributed by atoms with E-state index in [-0.39, 0.29) is 5.92 Å². The highest BCUT2D eigenvalue weighted by Gasteiger charge is 2.25. The molecule has 1 aliphatic heterocycles. The summed E-state index contributed by atoms with van der Waals surface area (Å²) < 4.78 is 0. The fourth-order valence-corrected chi connectivity index (χ4v) is 3.64. The van der Waals surface area contributed by atoms with E-state index >= 15 is 0 Å². The van der Waals surface area contributed by atoms with Crippen molar-refractivity contribution < 1.29 is 4.79 Å². The number of carbonyl (C=O) groups excluding carboxylic acids is 1. The lowest BCUT2D eigenvalue weighted by Crippen LogP contribution is -2.37. The van der Waals surface area contributed by atoms with E-state index in [4.69, 9.17) is 0 Å². The van der Waals surface area contributed by atoms with E-state index in [2.05, 4.69) is 48.9 Å². The van der Waals surface area contributed by atoms with Crippen molar-refractivity contribution in [2.45, 2.75) is 46.5 Å². The number of aryl methyl sites for hydroxylation is 1. The van der Waals surface area contributed by atoms with Crippen LogP contribution in [0.25, 0.3) is 10.9 Å². The molecule has 1 aliphatic rings. The molecule has 0 fully saturated rings. The molecule has 0 radical (unpaired) electrons. The zero-order chi connectivity index (χ0) is 15.7. The molecule has 22 heavy (non-hydrogen) atoms. The number of amides is 1. The smallest absolute Gasteiger partial charge is 0.225 e. The van der Waals surface area contributed by atoms with Crippen LogP contribution in [-0.4, -0.2) is 28.9 Å². The van der Waals surface area contributed by atoms with Crippen LogP contribution in [0.5, 0.6) is 0 Å². The summed E-state index contributed by atoms with van der Waals surface area (Å²) in [6.45, 7) is 8.06. The summed E-state index contributed by atoms with van der Waals surface area (Å²) in [7, 11) is 0. The molecule has 1 amide bonds. The third kappa shape index (κ3) is 2.65. The van der Waals surface area contributed by atoms with Gasteiger partial charge in [-0.1, -0.05) is 25.5 Å². The Kier molecular flexibility index (Phi) is 4.23. The number of nitrogens with zero attached hydrogens (tertiary/aromatic N) is 1. The normalized spacial score (nSPS) is 15.2. The fourth-order valence-electron chi connectivity index (χ4n) is 3.64. The van der Waals surface area contributed by atoms with E-state index in [9.17, 15) is 4.79 Å². The van der Waals surface area contributed by atoms with Gasteiger partial charge in [-0.25, -0.2) is 0 Å². The Morgan fingerprint density at radius 1 is 1.23 bits per heavy atom. The molecule has 0 aliphatic carbocycles. The van der Waals surface area contributed by atoms with Crippen LogP contribution in [0, 0.1) is 12.8 Å². The van der Waals surface area contributed by atoms with Gasteiger partial charge in [0.15, 0.2) is 0 Å². The minimum Gasteiger partial charge on any atom is -0.358 e. The molecular formula is C19H26N2O. The van der Waals surface area contributed by atoms with Crippen molar-refractivity contribution in [3.05, 3.63) is 35.0 Å². The number of H-pyrrole nitrogens is 1. The average Bonchev–Trinajstić information content (AvgIpc) is 2.72. The molecule has 3 heteroatoms. The second-order valence-electron chi connectivity index (χ2n) is 6.47. The van der Waals surface area contributed by atoms with Crippen molar-refractivity contribution in [1.29, 1.82) is 0 Å². The number of aromatic amines is 1. The Morgan fingerprint density at radius 2 is 1.95 bits per heavy atom. The molecule has 1 aromatic heterocycles. The van der Waals surface area contributed by atoms with Crippen LogP contribution in [0.2, 0.25) is 0 Å². The van der Waals surface area contributed by atoms with Crippen LogP contribution >= 0.6 is 0 Å². The predicted molar refractivity (Wildman–Crippen MR) is 91.1 cm³/mol. The Bertz CT molecular complexity index is 682. The topological polar surface area (TPSA) is 36.1 Å². The summed E-state index contributed by atoms with van der Waals surface area (Å²) >= 11 is 0. The Hall–Kier alpha value is -1.77. The minimum atomic E-state index is 0.190. The van der Waals surface area contributed by atoms with Gasteiger partial charge in [-0.3, -0.25) is 4.79 Å². The highest BCUT2D eigenvalue weighted by atomic mass is 16.2. The monoisotopic (exact) mass is 298 g/mol. The second-order valence-corrected chi connectivity index (χ2v) is 6.47. The Balaban J connectivity index is 1.84. The summed E-state index contributed by atoms with van der Waals surface area (Å²) in [5.41, 5.74) is 5.26. The zero-order valence-electron chi connectivity index (χ0n) is 13.9. The van der Waals surface area contributed by atoms with Gasteiger partial charge in [0, 0.05) is 42.0 Å². The second kappa shape index (κ2) is 6.15. The summed E-state index contributed by atoms with van der Waals surface area (Å²) in [5.74, 6) is 0.533. The lowest BCUT2D eigenvalue weighted by Gasteiger charge is -2.24. The van der Waals surface area contributed by atoms with E-state index in [0.717, 1.165) is 38.8 Å². The first-order chi connectivity index (χ1) is 10.6. The molecule has 0 spiro atoms. The number of benzene rings is 1. The highest BCUT2D eigenvalue weighted by Crippen LogP contribution is 2.27. The van der Waals surface area contributed by atoms with E-state index in [1.165, 1.54) is 27.7 Å². The van der Waals surface area contributed by atoms with Crippen molar-refractivity contribution in [2.24, 2.45) is 5.92 Å². The number of fused-ring (bicyclic) bond motifs is 3. The maximum atomic E-state index is 12.6. The molecular weight excluding hydrogens is 272 g/mol. The quantitative estimate of drug-likeness (QED) is 0.918. The van der Waals surface area contributed by atoms with Gasteiger partial charge < -0.3 is 9.88 Å². The molecule has 1 N–H and O–H groups in total. The minimum absolute atomic E-state index is 0.190. The van der Waals surface area contributed by atoms with Crippen molar-refractivity contribution >= 4 is 16.8 Å². The van der Waals surface area contributed by atoms with Crippen LogP contribution in [-0.2, 0) is 17.6 Å². The fraction of sp³-hybridized carbons (Fsp3) is 0.526. The van der Waals surface area contributed by atoms with Gasteiger partial charge in [-0.05, 0) is 43.9 Å². The maximum absolute atomic E-state index is 12.6.